The third kappa shape index (κ3) is 2.30. The van der Waals surface area contributed by atoms with E-state index >= 15 is 0 Å². The van der Waals surface area contributed by atoms with E-state index < -0.39 is 5.60 Å². The Labute approximate surface area is 126 Å². The fraction of sp³-hybridized carbons (Fsp3) is 0.733. The van der Waals surface area contributed by atoms with Crippen molar-refractivity contribution in [1.29, 1.82) is 5.26 Å². The zero-order chi connectivity index (χ0) is 15.8. The second kappa shape index (κ2) is 5.32. The largest absolute Gasteiger partial charge is 0.375 e. The molecule has 0 spiro atoms. The van der Waals surface area contributed by atoms with Crippen molar-refractivity contribution in [3.8, 4) is 6.07 Å². The van der Waals surface area contributed by atoms with E-state index in [0.29, 0.717) is 12.1 Å². The normalized spacial score (nSPS) is 29.5. The first-order valence-electron chi connectivity index (χ1n) is 7.11. The highest BCUT2D eigenvalue weighted by Gasteiger charge is 2.50. The van der Waals surface area contributed by atoms with E-state index in [1.165, 1.54) is 0 Å². The number of piperidine rings is 1. The van der Waals surface area contributed by atoms with Crippen molar-refractivity contribution >= 4 is 5.82 Å². The lowest BCUT2D eigenvalue weighted by atomic mass is 9.79. The van der Waals surface area contributed by atoms with Crippen LogP contribution in [0.2, 0.25) is 0 Å². The van der Waals surface area contributed by atoms with Crippen LogP contribution in [0.15, 0.2) is 0 Å². The second-order valence-electron chi connectivity index (χ2n) is 6.06. The van der Waals surface area contributed by atoms with Crippen LogP contribution < -0.4 is 4.90 Å². The predicted octanol–water partition coefficient (Wildman–Crippen LogP) is 1.62. The predicted molar refractivity (Wildman–Crippen MR) is 80.3 cm³/mol. The van der Waals surface area contributed by atoms with Gasteiger partial charge in [-0.05, 0) is 27.2 Å². The molecule has 1 aliphatic heterocycles. The number of methoxy groups -OCH3 is 2. The van der Waals surface area contributed by atoms with E-state index in [2.05, 4.69) is 29.9 Å². The van der Waals surface area contributed by atoms with Gasteiger partial charge in [-0.1, -0.05) is 0 Å². The van der Waals surface area contributed by atoms with Gasteiger partial charge in [0.1, 0.15) is 23.1 Å². The number of anilines is 1. The number of nitriles is 1. The standard InChI is InChI=1S/C15H24N4O2/c1-11-12(9-16)13(18(4)17-11)19-8-7-14(2,20-5)15(3,10-19)21-6/h7-8,10H2,1-6H3/t14-,15+/m0/s1. The SMILES string of the molecule is CO[C@]1(C)CN(c2c(C#N)c(C)nn2C)CC[C@]1(C)OC. The van der Waals surface area contributed by atoms with Crippen LogP contribution in [-0.4, -0.2) is 48.3 Å². The minimum absolute atomic E-state index is 0.349. The average Bonchev–Trinajstić information content (AvgIpc) is 2.75. The molecule has 1 fully saturated rings. The maximum absolute atomic E-state index is 9.39. The highest BCUT2D eigenvalue weighted by Crippen LogP contribution is 2.39. The van der Waals surface area contributed by atoms with Gasteiger partial charge >= 0.3 is 0 Å². The molecule has 116 valence electrons. The first-order valence-corrected chi connectivity index (χ1v) is 7.11. The minimum Gasteiger partial charge on any atom is -0.375 e. The van der Waals surface area contributed by atoms with Crippen molar-refractivity contribution in [2.75, 3.05) is 32.2 Å². The number of aryl methyl sites for hydroxylation is 2. The molecule has 21 heavy (non-hydrogen) atoms. The van der Waals surface area contributed by atoms with Crippen molar-refractivity contribution in [2.45, 2.75) is 38.4 Å². The zero-order valence-electron chi connectivity index (χ0n) is 13.7. The Hall–Kier alpha value is -1.58. The van der Waals surface area contributed by atoms with Gasteiger partial charge < -0.3 is 14.4 Å². The summed E-state index contributed by atoms with van der Waals surface area (Å²) in [6, 6.07) is 2.26. The summed E-state index contributed by atoms with van der Waals surface area (Å²) in [4.78, 5) is 2.17. The summed E-state index contributed by atoms with van der Waals surface area (Å²) in [6.45, 7) is 7.45. The first-order chi connectivity index (χ1) is 9.81. The summed E-state index contributed by atoms with van der Waals surface area (Å²) < 4.78 is 13.3. The van der Waals surface area contributed by atoms with Crippen LogP contribution >= 0.6 is 0 Å². The van der Waals surface area contributed by atoms with Crippen LogP contribution in [0.25, 0.3) is 0 Å². The van der Waals surface area contributed by atoms with Gasteiger partial charge in [0.15, 0.2) is 0 Å². The molecule has 0 aliphatic carbocycles. The number of hydrogen-bond donors (Lipinski definition) is 0. The Balaban J connectivity index is 2.40. The van der Waals surface area contributed by atoms with Gasteiger partial charge in [-0.2, -0.15) is 10.4 Å². The van der Waals surface area contributed by atoms with E-state index in [0.717, 1.165) is 24.5 Å². The van der Waals surface area contributed by atoms with Crippen molar-refractivity contribution in [3.63, 3.8) is 0 Å². The fourth-order valence-electron chi connectivity index (χ4n) is 3.14. The molecule has 1 saturated heterocycles. The lowest BCUT2D eigenvalue weighted by Gasteiger charge is -2.51. The first kappa shape index (κ1) is 15.8. The molecule has 6 nitrogen and oxygen atoms in total. The summed E-state index contributed by atoms with van der Waals surface area (Å²) in [5.41, 5.74) is 0.593. The van der Waals surface area contributed by atoms with Crippen LogP contribution in [0, 0.1) is 18.3 Å². The molecule has 0 aromatic carbocycles. The number of ether oxygens (including phenoxy) is 2. The van der Waals surface area contributed by atoms with Gasteiger partial charge in [-0.25, -0.2) is 0 Å². The van der Waals surface area contributed by atoms with Crippen LogP contribution in [0.4, 0.5) is 5.82 Å². The smallest absolute Gasteiger partial charge is 0.145 e. The second-order valence-corrected chi connectivity index (χ2v) is 6.06. The number of rotatable bonds is 3. The molecule has 2 rings (SSSR count). The molecule has 0 saturated carbocycles. The van der Waals surface area contributed by atoms with Gasteiger partial charge in [0.2, 0.25) is 0 Å². The molecule has 0 amide bonds. The van der Waals surface area contributed by atoms with E-state index in [9.17, 15) is 5.26 Å². The molecule has 0 unspecified atom stereocenters. The molecule has 0 bridgehead atoms. The number of aromatic nitrogens is 2. The third-order valence-corrected chi connectivity index (χ3v) is 4.97. The fourth-order valence-corrected chi connectivity index (χ4v) is 3.14. The molecule has 1 aromatic rings. The molecule has 2 atom stereocenters. The minimum atomic E-state index is -0.453. The van der Waals surface area contributed by atoms with Gasteiger partial charge in [0.25, 0.3) is 0 Å². The zero-order valence-corrected chi connectivity index (χ0v) is 13.7. The third-order valence-electron chi connectivity index (χ3n) is 4.97. The molecule has 1 aromatic heterocycles. The maximum atomic E-state index is 9.39. The summed E-state index contributed by atoms with van der Waals surface area (Å²) in [7, 11) is 5.31. The summed E-state index contributed by atoms with van der Waals surface area (Å²) >= 11 is 0. The van der Waals surface area contributed by atoms with Crippen LogP contribution in [0.3, 0.4) is 0 Å². The summed E-state index contributed by atoms with van der Waals surface area (Å²) in [5, 5.41) is 13.8. The number of nitrogens with zero attached hydrogens (tertiary/aromatic N) is 4. The molecule has 0 radical (unpaired) electrons. The lowest BCUT2D eigenvalue weighted by molar-refractivity contribution is -0.174. The van der Waals surface area contributed by atoms with E-state index in [4.69, 9.17) is 9.47 Å². The summed E-state index contributed by atoms with van der Waals surface area (Å²) in [5.74, 6) is 0.858. The van der Waals surface area contributed by atoms with Crippen LogP contribution in [0.5, 0.6) is 0 Å². The van der Waals surface area contributed by atoms with Gasteiger partial charge in [-0.3, -0.25) is 4.68 Å². The van der Waals surface area contributed by atoms with Gasteiger partial charge in [0, 0.05) is 27.8 Å². The Morgan fingerprint density at radius 1 is 1.24 bits per heavy atom. The van der Waals surface area contributed by atoms with Crippen molar-refractivity contribution in [2.24, 2.45) is 7.05 Å². The molecular formula is C15H24N4O2. The van der Waals surface area contributed by atoms with Crippen molar-refractivity contribution in [3.05, 3.63) is 11.3 Å². The van der Waals surface area contributed by atoms with Crippen molar-refractivity contribution < 1.29 is 9.47 Å². The van der Waals surface area contributed by atoms with E-state index in [1.54, 1.807) is 18.9 Å². The van der Waals surface area contributed by atoms with Crippen LogP contribution in [0.1, 0.15) is 31.5 Å². The molecule has 1 aliphatic rings. The Morgan fingerprint density at radius 2 is 1.86 bits per heavy atom. The highest BCUT2D eigenvalue weighted by molar-refractivity contribution is 5.57. The van der Waals surface area contributed by atoms with Gasteiger partial charge in [-0.15, -0.1) is 0 Å². The monoisotopic (exact) mass is 292 g/mol. The topological polar surface area (TPSA) is 63.3 Å². The molecule has 0 N–H and O–H groups in total. The Bertz CT molecular complexity index is 577. The Morgan fingerprint density at radius 3 is 2.38 bits per heavy atom. The lowest BCUT2D eigenvalue weighted by Crippen LogP contribution is -2.64. The van der Waals surface area contributed by atoms with Crippen molar-refractivity contribution in [1.82, 2.24) is 9.78 Å². The maximum Gasteiger partial charge on any atom is 0.145 e. The highest BCUT2D eigenvalue weighted by atomic mass is 16.5. The van der Waals surface area contributed by atoms with E-state index in [1.807, 2.05) is 14.0 Å². The summed E-state index contributed by atoms with van der Waals surface area (Å²) in [6.07, 6.45) is 0.822. The van der Waals surface area contributed by atoms with Crippen LogP contribution in [-0.2, 0) is 16.5 Å². The van der Waals surface area contributed by atoms with E-state index in [-0.39, 0.29) is 5.60 Å². The molecule has 2 heterocycles. The number of hydrogen-bond acceptors (Lipinski definition) is 5. The quantitative estimate of drug-likeness (QED) is 0.847. The van der Waals surface area contributed by atoms with Gasteiger partial charge in [0.05, 0.1) is 17.8 Å². The average molecular weight is 292 g/mol. The molecular weight excluding hydrogens is 268 g/mol. The molecule has 6 heteroatoms. The Kier molecular flexibility index (Phi) is 4.00.